The number of halogens is 1. The smallest absolute Gasteiger partial charge is 0.409 e. The van der Waals surface area contributed by atoms with Crippen LogP contribution in [-0.4, -0.2) is 105 Å². The molecule has 0 spiro atoms. The highest BCUT2D eigenvalue weighted by Crippen LogP contribution is 2.30. The van der Waals surface area contributed by atoms with Crippen LogP contribution in [0.4, 0.5) is 9.18 Å². The minimum Gasteiger partial charge on any atom is -0.456 e. The summed E-state index contributed by atoms with van der Waals surface area (Å²) in [7, 11) is 1.30. The molecule has 0 unspecified atom stereocenters. The number of rotatable bonds is 9. The standard InChI is InChI=1S/C35H42FN5O6/c1-22-15-25(32-10-9-31(47-32)24-5-3-23(4-6-24)20-40-11-13-46-14-12-40)7-8-29(22)33(42)38-19-28-17-27(21-41(28)35(44)45-2)39-34(43)30-16-26(36)18-37-30/h3-10,15,26-28,30,37H,11-14,16-21H2,1-2H3,(H,38,42)(H,39,43)/t26-,27+,28+,30-/m0/s1. The lowest BCUT2D eigenvalue weighted by Gasteiger charge is -2.26. The van der Waals surface area contributed by atoms with Crippen molar-refractivity contribution < 1.29 is 32.7 Å². The van der Waals surface area contributed by atoms with Gasteiger partial charge in [0.05, 0.1) is 32.4 Å². The SMILES string of the molecule is COC(=O)N1C[C@H](NC(=O)[C@@H]2C[C@H](F)CN2)C[C@@H]1CNC(=O)c1ccc(-c2ccc(-c3ccc(CN4CCOCC4)cc3)o2)cc1C. The van der Waals surface area contributed by atoms with Gasteiger partial charge in [0.15, 0.2) is 0 Å². The number of carbonyl (C=O) groups is 3. The molecule has 3 aliphatic heterocycles. The average molecular weight is 648 g/mol. The molecule has 11 nitrogen and oxygen atoms in total. The van der Waals surface area contributed by atoms with Gasteiger partial charge in [-0.1, -0.05) is 30.3 Å². The lowest BCUT2D eigenvalue weighted by Crippen LogP contribution is -2.46. The van der Waals surface area contributed by atoms with E-state index in [1.165, 1.54) is 17.6 Å². The average Bonchev–Trinajstić information content (AvgIpc) is 3.84. The van der Waals surface area contributed by atoms with E-state index in [0.717, 1.165) is 55.3 Å². The minimum atomic E-state index is -1.05. The molecule has 6 rings (SSSR count). The summed E-state index contributed by atoms with van der Waals surface area (Å²) < 4.78 is 30.1. The van der Waals surface area contributed by atoms with E-state index in [2.05, 4.69) is 45.1 Å². The number of hydrogen-bond acceptors (Lipinski definition) is 8. The third-order valence-electron chi connectivity index (χ3n) is 9.17. The van der Waals surface area contributed by atoms with Crippen molar-refractivity contribution in [3.63, 3.8) is 0 Å². The maximum atomic E-state index is 13.5. The summed E-state index contributed by atoms with van der Waals surface area (Å²) in [5.74, 6) is 0.911. The van der Waals surface area contributed by atoms with Gasteiger partial charge >= 0.3 is 6.09 Å². The molecule has 250 valence electrons. The molecule has 0 aliphatic carbocycles. The molecule has 12 heteroatoms. The van der Waals surface area contributed by atoms with Crippen molar-refractivity contribution in [1.82, 2.24) is 25.8 Å². The van der Waals surface area contributed by atoms with Gasteiger partial charge in [0, 0.05) is 68.4 Å². The van der Waals surface area contributed by atoms with Crippen molar-refractivity contribution in [2.75, 3.05) is 53.0 Å². The monoisotopic (exact) mass is 647 g/mol. The number of alkyl halides is 1. The number of benzene rings is 2. The zero-order valence-electron chi connectivity index (χ0n) is 26.8. The number of amides is 3. The lowest BCUT2D eigenvalue weighted by atomic mass is 10.0. The fraction of sp³-hybridized carbons (Fsp3) is 0.457. The van der Waals surface area contributed by atoms with Crippen LogP contribution >= 0.6 is 0 Å². The number of ether oxygens (including phenoxy) is 2. The molecule has 0 radical (unpaired) electrons. The zero-order valence-corrected chi connectivity index (χ0v) is 26.8. The van der Waals surface area contributed by atoms with Crippen LogP contribution in [0.15, 0.2) is 59.0 Å². The summed E-state index contributed by atoms with van der Waals surface area (Å²) in [5, 5.41) is 8.74. The molecule has 1 aromatic heterocycles. The van der Waals surface area contributed by atoms with E-state index in [1.807, 2.05) is 31.2 Å². The summed E-state index contributed by atoms with van der Waals surface area (Å²) in [6, 6.07) is 16.5. The number of hydrogen-bond donors (Lipinski definition) is 3. The fourth-order valence-electron chi connectivity index (χ4n) is 6.57. The number of methoxy groups -OCH3 is 1. The predicted molar refractivity (Wildman–Crippen MR) is 173 cm³/mol. The Morgan fingerprint density at radius 2 is 1.72 bits per heavy atom. The van der Waals surface area contributed by atoms with E-state index in [4.69, 9.17) is 13.9 Å². The molecular formula is C35H42FN5O6. The molecule has 2 aromatic carbocycles. The lowest BCUT2D eigenvalue weighted by molar-refractivity contribution is -0.123. The molecule has 3 aromatic rings. The Morgan fingerprint density at radius 3 is 2.40 bits per heavy atom. The first-order chi connectivity index (χ1) is 22.8. The molecule has 3 aliphatic rings. The topological polar surface area (TPSA) is 125 Å². The maximum Gasteiger partial charge on any atom is 0.409 e. The van der Waals surface area contributed by atoms with E-state index in [0.29, 0.717) is 17.7 Å². The van der Waals surface area contributed by atoms with Gasteiger partial charge in [0.2, 0.25) is 5.91 Å². The second-order valence-electron chi connectivity index (χ2n) is 12.5. The largest absolute Gasteiger partial charge is 0.456 e. The Labute approximate surface area is 273 Å². The normalized spacial score (nSPS) is 23.1. The maximum absolute atomic E-state index is 13.5. The van der Waals surface area contributed by atoms with Gasteiger partial charge in [-0.15, -0.1) is 0 Å². The van der Waals surface area contributed by atoms with E-state index in [1.54, 1.807) is 6.07 Å². The number of likely N-dealkylation sites (tertiary alicyclic amines) is 1. The highest BCUT2D eigenvalue weighted by molar-refractivity contribution is 5.96. The van der Waals surface area contributed by atoms with Gasteiger partial charge in [-0.05, 0) is 48.7 Å². The number of morpholine rings is 1. The summed E-state index contributed by atoms with van der Waals surface area (Å²) in [6.45, 7) is 6.79. The van der Waals surface area contributed by atoms with E-state index in [-0.39, 0.29) is 50.0 Å². The molecule has 3 fully saturated rings. The van der Waals surface area contributed by atoms with Gasteiger partial charge in [-0.3, -0.25) is 14.5 Å². The summed E-state index contributed by atoms with van der Waals surface area (Å²) >= 11 is 0. The Morgan fingerprint density at radius 1 is 1.00 bits per heavy atom. The second kappa shape index (κ2) is 14.7. The second-order valence-corrected chi connectivity index (χ2v) is 12.5. The molecule has 4 heterocycles. The summed E-state index contributed by atoms with van der Waals surface area (Å²) in [6.07, 6.45) is -1.03. The summed E-state index contributed by atoms with van der Waals surface area (Å²) in [4.78, 5) is 42.2. The van der Waals surface area contributed by atoms with Crippen molar-refractivity contribution >= 4 is 17.9 Å². The zero-order chi connectivity index (χ0) is 32.9. The third kappa shape index (κ3) is 7.83. The fourth-order valence-corrected chi connectivity index (χ4v) is 6.57. The molecule has 4 atom stereocenters. The molecule has 3 saturated heterocycles. The van der Waals surface area contributed by atoms with Crippen LogP contribution in [0.25, 0.3) is 22.6 Å². The van der Waals surface area contributed by atoms with Crippen LogP contribution in [0.3, 0.4) is 0 Å². The first-order valence-electron chi connectivity index (χ1n) is 16.2. The van der Waals surface area contributed by atoms with Crippen LogP contribution in [0.1, 0.15) is 34.3 Å². The van der Waals surface area contributed by atoms with Gasteiger partial charge in [0.1, 0.15) is 17.7 Å². The number of furan rings is 1. The Bertz CT molecular complexity index is 1570. The van der Waals surface area contributed by atoms with E-state index in [9.17, 15) is 18.8 Å². The Kier molecular flexibility index (Phi) is 10.2. The van der Waals surface area contributed by atoms with Crippen molar-refractivity contribution in [3.05, 3.63) is 71.3 Å². The van der Waals surface area contributed by atoms with Gasteiger partial charge in [0.25, 0.3) is 5.91 Å². The molecule has 3 N–H and O–H groups in total. The van der Waals surface area contributed by atoms with Crippen molar-refractivity contribution in [1.29, 1.82) is 0 Å². The Hall–Kier alpha value is -4.26. The van der Waals surface area contributed by atoms with Crippen LogP contribution < -0.4 is 16.0 Å². The van der Waals surface area contributed by atoms with Gasteiger partial charge in [-0.2, -0.15) is 0 Å². The third-order valence-corrected chi connectivity index (χ3v) is 9.17. The molecule has 47 heavy (non-hydrogen) atoms. The van der Waals surface area contributed by atoms with Crippen molar-refractivity contribution in [2.24, 2.45) is 0 Å². The summed E-state index contributed by atoms with van der Waals surface area (Å²) in [5.41, 5.74) is 4.39. The van der Waals surface area contributed by atoms with Crippen molar-refractivity contribution in [2.45, 2.75) is 50.6 Å². The first kappa shape index (κ1) is 32.7. The van der Waals surface area contributed by atoms with E-state index >= 15 is 0 Å². The number of nitrogens with one attached hydrogen (secondary N) is 3. The Balaban J connectivity index is 1.05. The van der Waals surface area contributed by atoms with Crippen LogP contribution in [0.2, 0.25) is 0 Å². The van der Waals surface area contributed by atoms with Crippen molar-refractivity contribution in [3.8, 4) is 22.6 Å². The molecule has 3 amide bonds. The van der Waals surface area contributed by atoms with E-state index < -0.39 is 18.3 Å². The molecule has 0 saturated carbocycles. The van der Waals surface area contributed by atoms with Crippen LogP contribution in [-0.2, 0) is 20.8 Å². The highest BCUT2D eigenvalue weighted by atomic mass is 19.1. The van der Waals surface area contributed by atoms with Gasteiger partial charge in [-0.25, -0.2) is 9.18 Å². The molecular weight excluding hydrogens is 605 g/mol. The number of aryl methyl sites for hydroxylation is 1. The van der Waals surface area contributed by atoms with Gasteiger partial charge < -0.3 is 34.7 Å². The quantitative estimate of drug-likeness (QED) is 0.323. The highest BCUT2D eigenvalue weighted by Gasteiger charge is 2.38. The minimum absolute atomic E-state index is 0.127. The first-order valence-corrected chi connectivity index (χ1v) is 16.2. The van der Waals surface area contributed by atoms with Crippen LogP contribution in [0.5, 0.6) is 0 Å². The number of nitrogens with zero attached hydrogens (tertiary/aromatic N) is 2. The van der Waals surface area contributed by atoms with Crippen LogP contribution in [0, 0.1) is 6.92 Å². The number of carbonyl (C=O) groups excluding carboxylic acids is 3. The predicted octanol–water partition coefficient (Wildman–Crippen LogP) is 3.51. The molecule has 0 bridgehead atoms.